The van der Waals surface area contributed by atoms with Crippen molar-refractivity contribution in [1.82, 2.24) is 10.6 Å². The molecule has 0 aliphatic carbocycles. The predicted molar refractivity (Wildman–Crippen MR) is 106 cm³/mol. The monoisotopic (exact) mass is 453 g/mol. The normalized spacial score (nSPS) is 11.1. The van der Waals surface area contributed by atoms with Crippen molar-refractivity contribution < 1.29 is 14.2 Å². The zero-order chi connectivity index (χ0) is 16.9. The van der Waals surface area contributed by atoms with Gasteiger partial charge in [0.05, 0.1) is 6.61 Å². The molecule has 7 heteroatoms. The van der Waals surface area contributed by atoms with Crippen LogP contribution in [0.1, 0.15) is 37.3 Å². The number of nitrogens with zero attached hydrogens (tertiary/aromatic N) is 1. The standard InChI is InChI=1S/C17H28FN3O2.HI/c1-3-4-9-23-10-5-8-20-17(19-2)21-12-14-6-7-16(18)15(11-14)13-22;/h6-7,11,22H,3-5,8-10,12-13H2,1-2H3,(H2,19,20,21);1H. The molecule has 138 valence electrons. The van der Waals surface area contributed by atoms with E-state index in [1.807, 2.05) is 0 Å². The Morgan fingerprint density at radius 3 is 2.67 bits per heavy atom. The van der Waals surface area contributed by atoms with Gasteiger partial charge in [-0.3, -0.25) is 4.99 Å². The molecular weight excluding hydrogens is 424 g/mol. The quantitative estimate of drug-likeness (QED) is 0.221. The Kier molecular flexibility index (Phi) is 13.9. The van der Waals surface area contributed by atoms with Crippen LogP contribution in [0.4, 0.5) is 4.39 Å². The molecule has 0 amide bonds. The Morgan fingerprint density at radius 2 is 2.00 bits per heavy atom. The first-order valence-electron chi connectivity index (χ1n) is 8.11. The van der Waals surface area contributed by atoms with Crippen molar-refractivity contribution >= 4 is 29.9 Å². The Labute approximate surface area is 161 Å². The molecule has 0 spiro atoms. The van der Waals surface area contributed by atoms with Crippen LogP contribution in [0, 0.1) is 5.82 Å². The van der Waals surface area contributed by atoms with E-state index in [0.29, 0.717) is 18.1 Å². The van der Waals surface area contributed by atoms with Crippen LogP contribution in [0.25, 0.3) is 0 Å². The molecule has 0 fully saturated rings. The maximum absolute atomic E-state index is 13.3. The molecule has 5 nitrogen and oxygen atoms in total. The van der Waals surface area contributed by atoms with Crippen LogP contribution >= 0.6 is 24.0 Å². The second kappa shape index (κ2) is 14.4. The Morgan fingerprint density at radius 1 is 1.25 bits per heavy atom. The highest BCUT2D eigenvalue weighted by atomic mass is 127. The molecule has 0 heterocycles. The maximum Gasteiger partial charge on any atom is 0.191 e. The van der Waals surface area contributed by atoms with Crippen LogP contribution in [-0.2, 0) is 17.9 Å². The number of guanidine groups is 1. The van der Waals surface area contributed by atoms with Crippen LogP contribution in [0.5, 0.6) is 0 Å². The third-order valence-electron chi connectivity index (χ3n) is 3.36. The second-order valence-corrected chi connectivity index (χ2v) is 5.26. The molecule has 0 unspecified atom stereocenters. The van der Waals surface area contributed by atoms with E-state index < -0.39 is 0 Å². The fourth-order valence-electron chi connectivity index (χ4n) is 2.00. The summed E-state index contributed by atoms with van der Waals surface area (Å²) in [4.78, 5) is 4.14. The van der Waals surface area contributed by atoms with Crippen LogP contribution in [0.15, 0.2) is 23.2 Å². The van der Waals surface area contributed by atoms with Crippen molar-refractivity contribution in [2.75, 3.05) is 26.8 Å². The minimum absolute atomic E-state index is 0. The summed E-state index contributed by atoms with van der Waals surface area (Å²) in [5, 5.41) is 15.4. The molecule has 24 heavy (non-hydrogen) atoms. The zero-order valence-electron chi connectivity index (χ0n) is 14.5. The third kappa shape index (κ3) is 9.39. The SMILES string of the molecule is CCCCOCCCNC(=NC)NCc1ccc(F)c(CO)c1.I. The topological polar surface area (TPSA) is 65.9 Å². The van der Waals surface area contributed by atoms with Crippen molar-refractivity contribution in [3.8, 4) is 0 Å². The molecule has 0 bridgehead atoms. The first kappa shape index (κ1) is 23.1. The van der Waals surface area contributed by atoms with Gasteiger partial charge in [0.25, 0.3) is 0 Å². The first-order valence-corrected chi connectivity index (χ1v) is 8.11. The van der Waals surface area contributed by atoms with Gasteiger partial charge in [-0.15, -0.1) is 24.0 Å². The van der Waals surface area contributed by atoms with Crippen molar-refractivity contribution in [2.45, 2.75) is 39.3 Å². The molecule has 3 N–H and O–H groups in total. The van der Waals surface area contributed by atoms with Crippen molar-refractivity contribution in [3.63, 3.8) is 0 Å². The number of aliphatic hydroxyl groups excluding tert-OH is 1. The lowest BCUT2D eigenvalue weighted by Gasteiger charge is -2.12. The number of aliphatic hydroxyl groups is 1. The van der Waals surface area contributed by atoms with Gasteiger partial charge in [-0.1, -0.05) is 19.4 Å². The summed E-state index contributed by atoms with van der Waals surface area (Å²) in [7, 11) is 1.71. The smallest absolute Gasteiger partial charge is 0.191 e. The molecule has 0 atom stereocenters. The summed E-state index contributed by atoms with van der Waals surface area (Å²) in [6, 6.07) is 4.71. The fraction of sp³-hybridized carbons (Fsp3) is 0.588. The number of nitrogens with one attached hydrogen (secondary N) is 2. The zero-order valence-corrected chi connectivity index (χ0v) is 16.8. The molecule has 1 aromatic rings. The van der Waals surface area contributed by atoms with Gasteiger partial charge in [-0.2, -0.15) is 0 Å². The lowest BCUT2D eigenvalue weighted by atomic mass is 10.1. The van der Waals surface area contributed by atoms with Gasteiger partial charge in [0.1, 0.15) is 5.82 Å². The average molecular weight is 453 g/mol. The summed E-state index contributed by atoms with van der Waals surface area (Å²) in [6.45, 7) is 4.69. The molecule has 0 aliphatic rings. The Hall–Kier alpha value is -0.930. The molecule has 0 saturated carbocycles. The van der Waals surface area contributed by atoms with E-state index in [1.165, 1.54) is 6.07 Å². The predicted octanol–water partition coefficient (Wildman–Crippen LogP) is 2.81. The molecule has 1 rings (SSSR count). The van der Waals surface area contributed by atoms with E-state index in [0.717, 1.165) is 44.6 Å². The van der Waals surface area contributed by atoms with Gasteiger partial charge in [0, 0.05) is 38.9 Å². The minimum atomic E-state index is -0.387. The molecule has 0 radical (unpaired) electrons. The number of hydrogen-bond acceptors (Lipinski definition) is 3. The number of hydrogen-bond donors (Lipinski definition) is 3. The minimum Gasteiger partial charge on any atom is -0.392 e. The highest BCUT2D eigenvalue weighted by molar-refractivity contribution is 14.0. The number of unbranched alkanes of at least 4 members (excludes halogenated alkanes) is 1. The fourth-order valence-corrected chi connectivity index (χ4v) is 2.00. The van der Waals surface area contributed by atoms with Gasteiger partial charge in [0.15, 0.2) is 5.96 Å². The van der Waals surface area contributed by atoms with E-state index >= 15 is 0 Å². The number of ether oxygens (including phenoxy) is 1. The summed E-state index contributed by atoms with van der Waals surface area (Å²) < 4.78 is 18.8. The van der Waals surface area contributed by atoms with E-state index in [2.05, 4.69) is 22.5 Å². The number of halogens is 2. The van der Waals surface area contributed by atoms with Crippen molar-refractivity contribution in [1.29, 1.82) is 0 Å². The van der Waals surface area contributed by atoms with E-state index in [-0.39, 0.29) is 36.4 Å². The highest BCUT2D eigenvalue weighted by Gasteiger charge is 2.03. The van der Waals surface area contributed by atoms with Crippen LogP contribution in [0.2, 0.25) is 0 Å². The summed E-state index contributed by atoms with van der Waals surface area (Å²) >= 11 is 0. The van der Waals surface area contributed by atoms with E-state index in [4.69, 9.17) is 9.84 Å². The van der Waals surface area contributed by atoms with Gasteiger partial charge in [-0.25, -0.2) is 4.39 Å². The molecule has 1 aromatic carbocycles. The van der Waals surface area contributed by atoms with Gasteiger partial charge >= 0.3 is 0 Å². The summed E-state index contributed by atoms with van der Waals surface area (Å²) in [6.07, 6.45) is 3.16. The first-order chi connectivity index (χ1) is 11.2. The molecule has 0 aromatic heterocycles. The van der Waals surface area contributed by atoms with Crippen molar-refractivity contribution in [2.24, 2.45) is 4.99 Å². The lowest BCUT2D eigenvalue weighted by Crippen LogP contribution is -2.37. The number of aliphatic imine (C=N–C) groups is 1. The van der Waals surface area contributed by atoms with Gasteiger partial charge in [0.2, 0.25) is 0 Å². The van der Waals surface area contributed by atoms with Crippen molar-refractivity contribution in [3.05, 3.63) is 35.1 Å². The number of rotatable bonds is 10. The second-order valence-electron chi connectivity index (χ2n) is 5.26. The molecule has 0 saturated heterocycles. The van der Waals surface area contributed by atoms with Gasteiger partial charge < -0.3 is 20.5 Å². The Balaban J connectivity index is 0.00000529. The van der Waals surface area contributed by atoms with Crippen LogP contribution in [-0.4, -0.2) is 37.9 Å². The van der Waals surface area contributed by atoms with Crippen LogP contribution < -0.4 is 10.6 Å². The average Bonchev–Trinajstić information content (AvgIpc) is 2.58. The number of benzene rings is 1. The summed E-state index contributed by atoms with van der Waals surface area (Å²) in [5.41, 5.74) is 1.19. The lowest BCUT2D eigenvalue weighted by molar-refractivity contribution is 0.129. The summed E-state index contributed by atoms with van der Waals surface area (Å²) in [5.74, 6) is 0.301. The Bertz CT molecular complexity index is 487. The molecular formula is C17H29FIN3O2. The highest BCUT2D eigenvalue weighted by Crippen LogP contribution is 2.10. The largest absolute Gasteiger partial charge is 0.392 e. The maximum atomic E-state index is 13.3. The van der Waals surface area contributed by atoms with E-state index in [9.17, 15) is 4.39 Å². The molecule has 0 aliphatic heterocycles. The van der Waals surface area contributed by atoms with E-state index in [1.54, 1.807) is 19.2 Å². The van der Waals surface area contributed by atoms with Crippen LogP contribution in [0.3, 0.4) is 0 Å². The third-order valence-corrected chi connectivity index (χ3v) is 3.36. The van der Waals surface area contributed by atoms with Gasteiger partial charge in [-0.05, 0) is 30.5 Å².